The second kappa shape index (κ2) is 6.86. The molecule has 1 aromatic carbocycles. The fourth-order valence-electron chi connectivity index (χ4n) is 4.95. The molecule has 0 saturated carbocycles. The van der Waals surface area contributed by atoms with Gasteiger partial charge in [0.15, 0.2) is 5.58 Å². The van der Waals surface area contributed by atoms with E-state index >= 15 is 0 Å². The monoisotopic (exact) mass is 403 g/mol. The van der Waals surface area contributed by atoms with E-state index in [1.54, 1.807) is 0 Å². The molecule has 3 aromatic rings. The average molecular weight is 403 g/mol. The van der Waals surface area contributed by atoms with Crippen LogP contribution in [0, 0.1) is 6.92 Å². The quantitative estimate of drug-likeness (QED) is 0.705. The number of anilines is 1. The number of aliphatic hydroxyl groups is 1. The molecule has 2 aromatic heterocycles. The third-order valence-corrected chi connectivity index (χ3v) is 6.56. The fraction of sp³-hybridized carbons (Fsp3) is 0.375. The van der Waals surface area contributed by atoms with Gasteiger partial charge in [-0.25, -0.2) is 4.98 Å². The number of furan rings is 1. The largest absolute Gasteiger partial charge is 0.460 e. The van der Waals surface area contributed by atoms with Gasteiger partial charge in [-0.1, -0.05) is 0 Å². The van der Waals surface area contributed by atoms with Crippen molar-refractivity contribution in [3.05, 3.63) is 53.4 Å². The molecular formula is C24H25N3O3. The Labute approximate surface area is 175 Å². The summed E-state index contributed by atoms with van der Waals surface area (Å²) in [7, 11) is 0. The lowest BCUT2D eigenvalue weighted by Crippen LogP contribution is -2.50. The van der Waals surface area contributed by atoms with Crippen molar-refractivity contribution in [3.63, 3.8) is 0 Å². The van der Waals surface area contributed by atoms with Gasteiger partial charge < -0.3 is 19.2 Å². The van der Waals surface area contributed by atoms with Crippen LogP contribution in [-0.4, -0.2) is 53.5 Å². The normalized spacial score (nSPS) is 23.8. The molecule has 5 heterocycles. The Morgan fingerprint density at radius 3 is 2.97 bits per heavy atom. The zero-order valence-electron chi connectivity index (χ0n) is 17.0. The van der Waals surface area contributed by atoms with E-state index in [1.807, 2.05) is 31.2 Å². The Bertz CT molecular complexity index is 1150. The molecule has 0 radical (unpaired) electrons. The third-order valence-electron chi connectivity index (χ3n) is 6.56. The molecule has 154 valence electrons. The van der Waals surface area contributed by atoms with Crippen LogP contribution in [0.2, 0.25) is 0 Å². The number of aromatic nitrogens is 1. The Morgan fingerprint density at radius 2 is 2.03 bits per heavy atom. The number of rotatable bonds is 2. The Morgan fingerprint density at radius 1 is 1.10 bits per heavy atom. The number of piperazine rings is 1. The topological polar surface area (TPSA) is 62.0 Å². The molecule has 3 aliphatic rings. The van der Waals surface area contributed by atoms with E-state index in [0.717, 1.165) is 42.1 Å². The van der Waals surface area contributed by atoms with Crippen LogP contribution in [0.25, 0.3) is 22.7 Å². The highest BCUT2D eigenvalue weighted by atomic mass is 16.6. The van der Waals surface area contributed by atoms with Gasteiger partial charge in [0.1, 0.15) is 17.0 Å². The van der Waals surface area contributed by atoms with Crippen LogP contribution in [0.15, 0.2) is 40.8 Å². The first-order valence-electron chi connectivity index (χ1n) is 10.7. The van der Waals surface area contributed by atoms with Crippen molar-refractivity contribution in [1.82, 2.24) is 9.88 Å². The summed E-state index contributed by atoms with van der Waals surface area (Å²) >= 11 is 0. The summed E-state index contributed by atoms with van der Waals surface area (Å²) in [5.41, 5.74) is 5.14. The number of hydrogen-bond donors (Lipinski definition) is 1. The molecule has 0 spiro atoms. The van der Waals surface area contributed by atoms with E-state index in [-0.39, 0.29) is 0 Å². The first kappa shape index (κ1) is 18.0. The maximum atomic E-state index is 10.7. The molecule has 2 unspecified atom stereocenters. The average Bonchev–Trinajstić information content (AvgIpc) is 3.38. The SMILES string of the molecule is Cc1ccc2oc(C3=Cc4ccc(N5CCN6CCCC6C5)cc4OC3O)cc2n1. The highest BCUT2D eigenvalue weighted by Gasteiger charge is 2.31. The van der Waals surface area contributed by atoms with Crippen molar-refractivity contribution in [1.29, 1.82) is 0 Å². The molecular weight excluding hydrogens is 378 g/mol. The van der Waals surface area contributed by atoms with Gasteiger partial charge in [0.2, 0.25) is 6.29 Å². The lowest BCUT2D eigenvalue weighted by atomic mass is 10.0. The molecule has 1 N–H and O–H groups in total. The number of benzene rings is 1. The summed E-state index contributed by atoms with van der Waals surface area (Å²) in [6, 6.07) is 12.6. The Kier molecular flexibility index (Phi) is 4.11. The van der Waals surface area contributed by atoms with Crippen LogP contribution < -0.4 is 9.64 Å². The minimum atomic E-state index is -1.07. The molecule has 3 aliphatic heterocycles. The van der Waals surface area contributed by atoms with E-state index < -0.39 is 6.29 Å². The molecule has 0 bridgehead atoms. The standard InChI is InChI=1S/C24H25N3O3/c1-15-4-7-21-20(25-15)13-23(29-21)19-11-16-5-6-17(12-22(16)30-24(19)28)27-10-9-26-8-2-3-18(26)14-27/h4-7,11-13,18,24,28H,2-3,8-10,14H2,1H3. The second-order valence-corrected chi connectivity index (χ2v) is 8.52. The zero-order valence-corrected chi connectivity index (χ0v) is 17.0. The van der Waals surface area contributed by atoms with Gasteiger partial charge in [0, 0.05) is 54.8 Å². The second-order valence-electron chi connectivity index (χ2n) is 8.52. The van der Waals surface area contributed by atoms with E-state index in [4.69, 9.17) is 9.15 Å². The van der Waals surface area contributed by atoms with Crippen LogP contribution in [0.1, 0.15) is 29.9 Å². The minimum absolute atomic E-state index is 0.586. The third kappa shape index (κ3) is 2.99. The summed E-state index contributed by atoms with van der Waals surface area (Å²) in [6.07, 6.45) is 3.48. The smallest absolute Gasteiger partial charge is 0.227 e. The number of ether oxygens (including phenoxy) is 1. The van der Waals surface area contributed by atoms with Gasteiger partial charge in [0.25, 0.3) is 0 Å². The van der Waals surface area contributed by atoms with Gasteiger partial charge in [-0.3, -0.25) is 4.90 Å². The molecule has 6 rings (SSSR count). The lowest BCUT2D eigenvalue weighted by molar-refractivity contribution is 0.0309. The zero-order chi connectivity index (χ0) is 20.2. The predicted octanol–water partition coefficient (Wildman–Crippen LogP) is 3.67. The van der Waals surface area contributed by atoms with Crippen LogP contribution in [0.4, 0.5) is 5.69 Å². The number of fused-ring (bicyclic) bond motifs is 3. The van der Waals surface area contributed by atoms with Crippen molar-refractivity contribution < 1.29 is 14.3 Å². The summed E-state index contributed by atoms with van der Waals surface area (Å²) in [5, 5.41) is 10.7. The van der Waals surface area contributed by atoms with E-state index in [2.05, 4.69) is 33.0 Å². The van der Waals surface area contributed by atoms with Crippen LogP contribution in [0.3, 0.4) is 0 Å². The Balaban J connectivity index is 1.30. The van der Waals surface area contributed by atoms with E-state index in [0.29, 0.717) is 28.7 Å². The van der Waals surface area contributed by atoms with Gasteiger partial charge >= 0.3 is 0 Å². The number of pyridine rings is 1. The highest BCUT2D eigenvalue weighted by molar-refractivity contribution is 5.89. The molecule has 2 atom stereocenters. The van der Waals surface area contributed by atoms with Crippen molar-refractivity contribution in [2.45, 2.75) is 32.1 Å². The van der Waals surface area contributed by atoms with Crippen LogP contribution >= 0.6 is 0 Å². The molecule has 30 heavy (non-hydrogen) atoms. The Hall–Kier alpha value is -2.83. The molecule has 2 fully saturated rings. The molecule has 0 aliphatic carbocycles. The van der Waals surface area contributed by atoms with Crippen LogP contribution in [0.5, 0.6) is 5.75 Å². The first-order chi connectivity index (χ1) is 14.6. The minimum Gasteiger partial charge on any atom is -0.460 e. The summed E-state index contributed by atoms with van der Waals surface area (Å²) in [5.74, 6) is 1.30. The van der Waals surface area contributed by atoms with E-state index in [9.17, 15) is 5.11 Å². The predicted molar refractivity (Wildman–Crippen MR) is 117 cm³/mol. The van der Waals surface area contributed by atoms with Crippen molar-refractivity contribution in [3.8, 4) is 5.75 Å². The number of nitrogens with zero attached hydrogens (tertiary/aromatic N) is 3. The number of aliphatic hydroxyl groups excluding tert-OH is 1. The van der Waals surface area contributed by atoms with Crippen molar-refractivity contribution in [2.24, 2.45) is 0 Å². The van der Waals surface area contributed by atoms with Gasteiger partial charge in [0.05, 0.1) is 5.57 Å². The molecule has 0 amide bonds. The van der Waals surface area contributed by atoms with Gasteiger partial charge in [-0.05, 0) is 56.7 Å². The summed E-state index contributed by atoms with van der Waals surface area (Å²) in [6.45, 7) is 6.40. The van der Waals surface area contributed by atoms with Gasteiger partial charge in [-0.2, -0.15) is 0 Å². The van der Waals surface area contributed by atoms with Crippen LogP contribution in [-0.2, 0) is 0 Å². The molecule has 6 nitrogen and oxygen atoms in total. The summed E-state index contributed by atoms with van der Waals surface area (Å²) in [4.78, 5) is 9.54. The fourth-order valence-corrected chi connectivity index (χ4v) is 4.95. The maximum Gasteiger partial charge on any atom is 0.227 e. The number of hydrogen-bond acceptors (Lipinski definition) is 6. The van der Waals surface area contributed by atoms with E-state index in [1.165, 1.54) is 19.4 Å². The summed E-state index contributed by atoms with van der Waals surface area (Å²) < 4.78 is 11.8. The highest BCUT2D eigenvalue weighted by Crippen LogP contribution is 2.38. The number of aryl methyl sites for hydroxylation is 1. The van der Waals surface area contributed by atoms with Gasteiger partial charge in [-0.15, -0.1) is 0 Å². The molecule has 2 saturated heterocycles. The molecule has 6 heteroatoms. The maximum absolute atomic E-state index is 10.7. The van der Waals surface area contributed by atoms with Crippen molar-refractivity contribution >= 4 is 28.4 Å². The lowest BCUT2D eigenvalue weighted by Gasteiger charge is -2.39. The van der Waals surface area contributed by atoms with Crippen molar-refractivity contribution in [2.75, 3.05) is 31.1 Å². The first-order valence-corrected chi connectivity index (χ1v) is 10.7.